The summed E-state index contributed by atoms with van der Waals surface area (Å²) >= 11 is 0. The molecular weight excluding hydrogens is 244 g/mol. The van der Waals surface area contributed by atoms with E-state index >= 15 is 0 Å². The van der Waals surface area contributed by atoms with Gasteiger partial charge in [-0.05, 0) is 31.0 Å². The van der Waals surface area contributed by atoms with Crippen LogP contribution in [0.4, 0.5) is 0 Å². The number of rotatable bonds is 7. The topological polar surface area (TPSA) is 70.9 Å². The highest BCUT2D eigenvalue weighted by molar-refractivity contribution is 5.83. The normalized spacial score (nSPS) is 11.2. The fourth-order valence-electron chi connectivity index (χ4n) is 1.50. The Bertz CT molecular complexity index is 427. The Kier molecular flexibility index (Phi) is 6.43. The number of oxime groups is 1. The van der Waals surface area contributed by atoms with Crippen molar-refractivity contribution >= 4 is 11.6 Å². The summed E-state index contributed by atoms with van der Waals surface area (Å²) < 4.78 is 5.36. The molecule has 1 aromatic carbocycles. The minimum absolute atomic E-state index is 0.0243. The predicted molar refractivity (Wildman–Crippen MR) is 73.8 cm³/mol. The molecule has 1 amide bonds. The average Bonchev–Trinajstić information content (AvgIpc) is 2.44. The molecule has 0 saturated carbocycles. The number of hydrogen-bond acceptors (Lipinski definition) is 4. The van der Waals surface area contributed by atoms with Crippen LogP contribution in [0.15, 0.2) is 29.4 Å². The zero-order chi connectivity index (χ0) is 14.1. The van der Waals surface area contributed by atoms with E-state index in [1.54, 1.807) is 19.1 Å². The van der Waals surface area contributed by atoms with Crippen LogP contribution in [0.25, 0.3) is 0 Å². The van der Waals surface area contributed by atoms with Crippen LogP contribution in [0.3, 0.4) is 0 Å². The van der Waals surface area contributed by atoms with Gasteiger partial charge in [-0.2, -0.15) is 0 Å². The molecule has 0 aliphatic rings. The number of amides is 1. The molecule has 19 heavy (non-hydrogen) atoms. The summed E-state index contributed by atoms with van der Waals surface area (Å²) in [5, 5.41) is 14.5. The van der Waals surface area contributed by atoms with Crippen molar-refractivity contribution in [2.24, 2.45) is 5.16 Å². The molecule has 0 aliphatic heterocycles. The highest BCUT2D eigenvalue weighted by Gasteiger charge is 2.02. The first-order valence-electron chi connectivity index (χ1n) is 6.31. The van der Waals surface area contributed by atoms with Crippen molar-refractivity contribution in [3.8, 4) is 5.75 Å². The Labute approximate surface area is 113 Å². The van der Waals surface area contributed by atoms with Gasteiger partial charge >= 0.3 is 0 Å². The summed E-state index contributed by atoms with van der Waals surface area (Å²) in [6, 6.07) is 7.36. The van der Waals surface area contributed by atoms with E-state index < -0.39 is 0 Å². The smallest absolute Gasteiger partial charge is 0.257 e. The molecule has 0 fully saturated rings. The van der Waals surface area contributed by atoms with Crippen LogP contribution in [0.1, 0.15) is 25.8 Å². The second kappa shape index (κ2) is 8.13. The van der Waals surface area contributed by atoms with Crippen molar-refractivity contribution in [2.75, 3.05) is 13.2 Å². The number of hydrogen-bond donors (Lipinski definition) is 2. The fourth-order valence-corrected chi connectivity index (χ4v) is 1.50. The zero-order valence-corrected chi connectivity index (χ0v) is 11.3. The van der Waals surface area contributed by atoms with Crippen molar-refractivity contribution in [1.29, 1.82) is 0 Å². The van der Waals surface area contributed by atoms with Gasteiger partial charge in [-0.25, -0.2) is 0 Å². The van der Waals surface area contributed by atoms with Crippen molar-refractivity contribution in [2.45, 2.75) is 26.7 Å². The first kappa shape index (κ1) is 15.0. The van der Waals surface area contributed by atoms with Gasteiger partial charge in [0.2, 0.25) is 0 Å². The number of nitrogens with one attached hydrogen (secondary N) is 1. The van der Waals surface area contributed by atoms with Crippen molar-refractivity contribution in [3.05, 3.63) is 29.8 Å². The van der Waals surface area contributed by atoms with Gasteiger partial charge in [-0.15, -0.1) is 0 Å². The van der Waals surface area contributed by atoms with E-state index in [1.165, 1.54) is 0 Å². The molecule has 1 aromatic rings. The minimum Gasteiger partial charge on any atom is -0.484 e. The van der Waals surface area contributed by atoms with Crippen molar-refractivity contribution in [1.82, 2.24) is 5.32 Å². The summed E-state index contributed by atoms with van der Waals surface area (Å²) in [6.07, 6.45) is 1.50. The lowest BCUT2D eigenvalue weighted by Crippen LogP contribution is -2.29. The first-order chi connectivity index (χ1) is 9.15. The average molecular weight is 264 g/mol. The van der Waals surface area contributed by atoms with Crippen LogP contribution >= 0.6 is 0 Å². The Balaban J connectivity index is 2.42. The van der Waals surface area contributed by atoms with Gasteiger partial charge in [0, 0.05) is 13.0 Å². The van der Waals surface area contributed by atoms with Crippen molar-refractivity contribution < 1.29 is 14.7 Å². The molecule has 104 valence electrons. The Morgan fingerprint density at radius 1 is 1.37 bits per heavy atom. The molecule has 0 bridgehead atoms. The summed E-state index contributed by atoms with van der Waals surface area (Å²) in [5.41, 5.74) is 1.67. The molecule has 0 saturated heterocycles. The molecule has 5 nitrogen and oxygen atoms in total. The number of nitrogens with zero attached hydrogens (tertiary/aromatic N) is 1. The Hall–Kier alpha value is -2.04. The van der Waals surface area contributed by atoms with Crippen molar-refractivity contribution in [3.63, 3.8) is 0 Å². The van der Waals surface area contributed by atoms with Crippen LogP contribution in [0.2, 0.25) is 0 Å². The molecule has 2 N–H and O–H groups in total. The molecule has 0 unspecified atom stereocenters. The highest BCUT2D eigenvalue weighted by atomic mass is 16.5. The highest BCUT2D eigenvalue weighted by Crippen LogP contribution is 2.12. The maximum atomic E-state index is 11.3. The zero-order valence-electron chi connectivity index (χ0n) is 11.3. The van der Waals surface area contributed by atoms with Gasteiger partial charge in [0.25, 0.3) is 5.91 Å². The van der Waals surface area contributed by atoms with E-state index in [9.17, 15) is 4.79 Å². The Morgan fingerprint density at radius 3 is 2.63 bits per heavy atom. The first-order valence-corrected chi connectivity index (χ1v) is 6.31. The number of carbonyl (C=O) groups is 1. The lowest BCUT2D eigenvalue weighted by molar-refractivity contribution is -0.123. The lowest BCUT2D eigenvalue weighted by atomic mass is 10.1. The molecule has 0 aromatic heterocycles. The van der Waals surface area contributed by atoms with Gasteiger partial charge in [0.15, 0.2) is 6.61 Å². The fraction of sp³-hybridized carbons (Fsp3) is 0.429. The quantitative estimate of drug-likeness (QED) is 0.449. The second-order valence-electron chi connectivity index (χ2n) is 4.29. The van der Waals surface area contributed by atoms with Crippen LogP contribution in [0, 0.1) is 0 Å². The van der Waals surface area contributed by atoms with Crippen LogP contribution in [-0.4, -0.2) is 30.0 Å². The van der Waals surface area contributed by atoms with Gasteiger partial charge in [0.1, 0.15) is 5.75 Å². The van der Waals surface area contributed by atoms with Crippen LogP contribution in [-0.2, 0) is 11.2 Å². The van der Waals surface area contributed by atoms with Gasteiger partial charge < -0.3 is 15.3 Å². The van der Waals surface area contributed by atoms with E-state index in [4.69, 9.17) is 9.94 Å². The molecule has 0 atom stereocenters. The van der Waals surface area contributed by atoms with E-state index in [0.717, 1.165) is 12.0 Å². The van der Waals surface area contributed by atoms with E-state index in [1.807, 2.05) is 19.1 Å². The molecule has 0 radical (unpaired) electrons. The predicted octanol–water partition coefficient (Wildman–Crippen LogP) is 1.98. The number of ether oxygens (including phenoxy) is 1. The number of carbonyl (C=O) groups excluding carboxylic acids is 1. The molecule has 0 spiro atoms. The lowest BCUT2D eigenvalue weighted by Gasteiger charge is -2.07. The summed E-state index contributed by atoms with van der Waals surface area (Å²) in [5.74, 6) is 0.531. The molecular formula is C14H20N2O3. The Morgan fingerprint density at radius 2 is 2.05 bits per heavy atom. The number of benzene rings is 1. The largest absolute Gasteiger partial charge is 0.484 e. The maximum Gasteiger partial charge on any atom is 0.257 e. The van der Waals surface area contributed by atoms with Gasteiger partial charge in [-0.1, -0.05) is 24.2 Å². The maximum absolute atomic E-state index is 11.3. The molecule has 1 rings (SSSR count). The van der Waals surface area contributed by atoms with Crippen LogP contribution in [0.5, 0.6) is 5.75 Å². The standard InChI is InChI=1S/C14H20N2O3/c1-3-8-15-14(17)10-19-13-6-4-12(5-7-13)9-11(2)16-18/h4-7,18H,3,8-10H2,1-2H3,(H,15,17)/b16-11+. The third-order valence-corrected chi connectivity index (χ3v) is 2.50. The monoisotopic (exact) mass is 264 g/mol. The minimum atomic E-state index is -0.116. The second-order valence-corrected chi connectivity index (χ2v) is 4.29. The summed E-state index contributed by atoms with van der Waals surface area (Å²) in [7, 11) is 0. The van der Waals surface area contributed by atoms with Crippen LogP contribution < -0.4 is 10.1 Å². The summed E-state index contributed by atoms with van der Waals surface area (Å²) in [4.78, 5) is 11.3. The third-order valence-electron chi connectivity index (χ3n) is 2.50. The van der Waals surface area contributed by atoms with E-state index in [0.29, 0.717) is 24.4 Å². The van der Waals surface area contributed by atoms with Gasteiger partial charge in [-0.3, -0.25) is 4.79 Å². The molecule has 0 aliphatic carbocycles. The summed E-state index contributed by atoms with van der Waals surface area (Å²) in [6.45, 7) is 4.44. The molecule has 5 heteroatoms. The SMILES string of the molecule is CCCNC(=O)COc1ccc(C/C(C)=N/O)cc1. The van der Waals surface area contributed by atoms with E-state index in [2.05, 4.69) is 10.5 Å². The van der Waals surface area contributed by atoms with Gasteiger partial charge in [0.05, 0.1) is 5.71 Å². The van der Waals surface area contributed by atoms with E-state index in [-0.39, 0.29) is 12.5 Å². The molecule has 0 heterocycles. The third kappa shape index (κ3) is 5.90.